The summed E-state index contributed by atoms with van der Waals surface area (Å²) in [6.45, 7) is 2.77. The zero-order chi connectivity index (χ0) is 23.6. The Balaban J connectivity index is 1.78. The molecule has 1 saturated heterocycles. The highest BCUT2D eigenvalue weighted by atomic mass is 19.4. The van der Waals surface area contributed by atoms with E-state index in [0.29, 0.717) is 38.0 Å². The molecule has 1 heterocycles. The summed E-state index contributed by atoms with van der Waals surface area (Å²) in [5.41, 5.74) is -0.333. The van der Waals surface area contributed by atoms with E-state index < -0.39 is 17.8 Å². The summed E-state index contributed by atoms with van der Waals surface area (Å²) < 4.78 is 43.4. The number of hydrogen-bond donors (Lipinski definition) is 1. The van der Waals surface area contributed by atoms with E-state index in [0.717, 1.165) is 37.8 Å². The fourth-order valence-corrected chi connectivity index (χ4v) is 3.83. The minimum Gasteiger partial charge on any atom is -0.466 e. The second-order valence-electron chi connectivity index (χ2n) is 8.02. The summed E-state index contributed by atoms with van der Waals surface area (Å²) in [4.78, 5) is 25.3. The summed E-state index contributed by atoms with van der Waals surface area (Å²) in [7, 11) is 0. The van der Waals surface area contributed by atoms with Crippen LogP contribution in [-0.2, 0) is 26.9 Å². The molecular formula is C24H32F3NO4. The number of ether oxygens (including phenoxy) is 1. The summed E-state index contributed by atoms with van der Waals surface area (Å²) in [5.74, 6) is -0.116. The molecule has 0 spiro atoms. The molecule has 1 N–H and O–H groups in total. The number of aliphatic hydroxyl groups excluding tert-OH is 1. The lowest BCUT2D eigenvalue weighted by Gasteiger charge is -2.22. The van der Waals surface area contributed by atoms with Crippen LogP contribution in [0, 0.1) is 0 Å². The van der Waals surface area contributed by atoms with Crippen LogP contribution in [0.2, 0.25) is 0 Å². The van der Waals surface area contributed by atoms with Gasteiger partial charge in [-0.2, -0.15) is 13.2 Å². The molecule has 0 radical (unpaired) electrons. The number of nitrogens with zero attached hydrogens (tertiary/aromatic N) is 1. The van der Waals surface area contributed by atoms with Gasteiger partial charge in [-0.3, -0.25) is 9.59 Å². The lowest BCUT2D eigenvalue weighted by molar-refractivity contribution is -0.143. The quantitative estimate of drug-likeness (QED) is 0.283. The van der Waals surface area contributed by atoms with Crippen molar-refractivity contribution in [1.82, 2.24) is 4.90 Å². The van der Waals surface area contributed by atoms with Crippen LogP contribution in [-0.4, -0.2) is 47.2 Å². The van der Waals surface area contributed by atoms with Crippen LogP contribution >= 0.6 is 0 Å². The Bertz CT molecular complexity index is 779. The Morgan fingerprint density at radius 2 is 2.03 bits per heavy atom. The first-order valence-corrected chi connectivity index (χ1v) is 11.2. The molecule has 1 aromatic carbocycles. The number of aliphatic hydroxyl groups is 1. The monoisotopic (exact) mass is 455 g/mol. The number of amides is 1. The van der Waals surface area contributed by atoms with Crippen molar-refractivity contribution in [3.63, 3.8) is 0 Å². The number of benzene rings is 1. The molecule has 0 saturated carbocycles. The standard InChI is InChI=1S/C24H32F3NO4/c1-2-32-23(31)10-5-3-4-6-15-28-20(12-14-22(28)30)11-13-21(29)17-18-8-7-9-19(16-18)24(25,26)27/h7-9,11,13,16,20-21,29H,2-6,10,12,14-15,17H2,1H3/b13-11+/t20-,21?/m0/s1. The van der Waals surface area contributed by atoms with Gasteiger partial charge in [0.1, 0.15) is 0 Å². The molecular weight excluding hydrogens is 423 g/mol. The fraction of sp³-hybridized carbons (Fsp3) is 0.583. The number of unbranched alkanes of at least 4 members (excludes halogenated alkanes) is 3. The maximum Gasteiger partial charge on any atom is 0.416 e. The van der Waals surface area contributed by atoms with Gasteiger partial charge in [0, 0.05) is 25.8 Å². The van der Waals surface area contributed by atoms with Gasteiger partial charge in [0.2, 0.25) is 5.91 Å². The van der Waals surface area contributed by atoms with E-state index in [1.807, 2.05) is 0 Å². The molecule has 0 aromatic heterocycles. The third-order valence-electron chi connectivity index (χ3n) is 5.46. The van der Waals surface area contributed by atoms with E-state index >= 15 is 0 Å². The van der Waals surface area contributed by atoms with Gasteiger partial charge in [-0.15, -0.1) is 0 Å². The predicted octanol–water partition coefficient (Wildman–Crippen LogP) is 4.67. The molecule has 5 nitrogen and oxygen atoms in total. The lowest BCUT2D eigenvalue weighted by Crippen LogP contribution is -2.32. The number of halogens is 3. The van der Waals surface area contributed by atoms with Crippen molar-refractivity contribution < 1.29 is 32.6 Å². The maximum atomic E-state index is 12.8. The van der Waals surface area contributed by atoms with Crippen molar-refractivity contribution in [2.45, 2.75) is 76.6 Å². The minimum absolute atomic E-state index is 0.0681. The first-order valence-electron chi connectivity index (χ1n) is 11.2. The second-order valence-corrected chi connectivity index (χ2v) is 8.02. The maximum absolute atomic E-state index is 12.8. The number of carbonyl (C=O) groups excluding carboxylic acids is 2. The summed E-state index contributed by atoms with van der Waals surface area (Å²) in [6.07, 6.45) is 2.96. The molecule has 2 atom stereocenters. The van der Waals surface area contributed by atoms with Gasteiger partial charge in [0.05, 0.1) is 24.3 Å². The fourth-order valence-electron chi connectivity index (χ4n) is 3.83. The van der Waals surface area contributed by atoms with Gasteiger partial charge in [-0.05, 0) is 37.8 Å². The smallest absolute Gasteiger partial charge is 0.416 e. The normalized spacial score (nSPS) is 17.8. The summed E-state index contributed by atoms with van der Waals surface area (Å²) >= 11 is 0. The highest BCUT2D eigenvalue weighted by Gasteiger charge is 2.30. The van der Waals surface area contributed by atoms with Crippen molar-refractivity contribution in [2.75, 3.05) is 13.2 Å². The third kappa shape index (κ3) is 8.65. The molecule has 0 aliphatic carbocycles. The molecule has 1 amide bonds. The van der Waals surface area contributed by atoms with E-state index in [1.165, 1.54) is 6.07 Å². The largest absolute Gasteiger partial charge is 0.466 e. The highest BCUT2D eigenvalue weighted by molar-refractivity contribution is 5.79. The van der Waals surface area contributed by atoms with E-state index in [4.69, 9.17) is 4.74 Å². The van der Waals surface area contributed by atoms with E-state index in [1.54, 1.807) is 30.0 Å². The first kappa shape index (κ1) is 25.9. The Morgan fingerprint density at radius 3 is 2.75 bits per heavy atom. The predicted molar refractivity (Wildman–Crippen MR) is 115 cm³/mol. The van der Waals surface area contributed by atoms with Crippen molar-refractivity contribution in [3.05, 3.63) is 47.5 Å². The van der Waals surface area contributed by atoms with Gasteiger partial charge in [-0.25, -0.2) is 0 Å². The van der Waals surface area contributed by atoms with Crippen LogP contribution < -0.4 is 0 Å². The van der Waals surface area contributed by atoms with Crippen LogP contribution in [0.1, 0.15) is 63.0 Å². The molecule has 1 unspecified atom stereocenters. The Hall–Kier alpha value is -2.35. The zero-order valence-electron chi connectivity index (χ0n) is 18.4. The number of alkyl halides is 3. The number of esters is 1. The summed E-state index contributed by atoms with van der Waals surface area (Å²) in [6, 6.07) is 4.83. The highest BCUT2D eigenvalue weighted by Crippen LogP contribution is 2.30. The van der Waals surface area contributed by atoms with Crippen LogP contribution in [0.5, 0.6) is 0 Å². The number of hydrogen-bond acceptors (Lipinski definition) is 4. The average Bonchev–Trinajstić information content (AvgIpc) is 3.08. The van der Waals surface area contributed by atoms with Gasteiger partial charge >= 0.3 is 12.1 Å². The van der Waals surface area contributed by atoms with Gasteiger partial charge in [0.25, 0.3) is 0 Å². The van der Waals surface area contributed by atoms with Crippen LogP contribution in [0.3, 0.4) is 0 Å². The Kier molecular flexibility index (Phi) is 10.2. The Labute approximate surface area is 187 Å². The van der Waals surface area contributed by atoms with Gasteiger partial charge < -0.3 is 14.7 Å². The van der Waals surface area contributed by atoms with Crippen LogP contribution in [0.4, 0.5) is 13.2 Å². The average molecular weight is 456 g/mol. The molecule has 1 aliphatic heterocycles. The molecule has 1 fully saturated rings. The topological polar surface area (TPSA) is 66.8 Å². The first-order chi connectivity index (χ1) is 15.2. The zero-order valence-corrected chi connectivity index (χ0v) is 18.4. The van der Waals surface area contributed by atoms with Crippen LogP contribution in [0.15, 0.2) is 36.4 Å². The lowest BCUT2D eigenvalue weighted by atomic mass is 10.0. The number of carbonyl (C=O) groups is 2. The second kappa shape index (κ2) is 12.6. The molecule has 1 aromatic rings. The number of likely N-dealkylation sites (tertiary alicyclic amines) is 1. The summed E-state index contributed by atoms with van der Waals surface area (Å²) in [5, 5.41) is 10.3. The van der Waals surface area contributed by atoms with Crippen molar-refractivity contribution in [2.24, 2.45) is 0 Å². The SMILES string of the molecule is CCOC(=O)CCCCCCN1C(=O)CC[C@@H]1/C=C/C(O)Cc1cccc(C(F)(F)F)c1. The molecule has 2 rings (SSSR count). The van der Waals surface area contributed by atoms with Gasteiger partial charge in [-0.1, -0.05) is 43.2 Å². The van der Waals surface area contributed by atoms with E-state index in [2.05, 4.69) is 0 Å². The van der Waals surface area contributed by atoms with E-state index in [-0.39, 0.29) is 24.3 Å². The number of rotatable bonds is 12. The molecule has 0 bridgehead atoms. The molecule has 178 valence electrons. The van der Waals surface area contributed by atoms with Crippen molar-refractivity contribution >= 4 is 11.9 Å². The minimum atomic E-state index is -4.42. The molecule has 1 aliphatic rings. The van der Waals surface area contributed by atoms with Crippen molar-refractivity contribution in [1.29, 1.82) is 0 Å². The van der Waals surface area contributed by atoms with Crippen molar-refractivity contribution in [3.8, 4) is 0 Å². The van der Waals surface area contributed by atoms with Crippen LogP contribution in [0.25, 0.3) is 0 Å². The van der Waals surface area contributed by atoms with Gasteiger partial charge in [0.15, 0.2) is 0 Å². The molecule has 8 heteroatoms. The van der Waals surface area contributed by atoms with E-state index in [9.17, 15) is 27.9 Å². The molecule has 32 heavy (non-hydrogen) atoms. The third-order valence-corrected chi connectivity index (χ3v) is 5.46. The Morgan fingerprint density at radius 1 is 1.28 bits per heavy atom.